The van der Waals surface area contributed by atoms with Crippen molar-refractivity contribution in [2.75, 3.05) is 26.2 Å². The van der Waals surface area contributed by atoms with Crippen LogP contribution in [0.3, 0.4) is 0 Å². The molecule has 0 saturated carbocycles. The fraction of sp³-hybridized carbons (Fsp3) is 0.571. The summed E-state index contributed by atoms with van der Waals surface area (Å²) >= 11 is 0. The van der Waals surface area contributed by atoms with Gasteiger partial charge in [0.1, 0.15) is 11.4 Å². The summed E-state index contributed by atoms with van der Waals surface area (Å²) in [5.74, 6) is 0.245. The lowest BCUT2D eigenvalue weighted by Gasteiger charge is -2.19. The topological polar surface area (TPSA) is 106 Å². The third-order valence-electron chi connectivity index (χ3n) is 4.01. The van der Waals surface area contributed by atoms with Crippen molar-refractivity contribution in [3.05, 3.63) is 28.8 Å². The van der Waals surface area contributed by atoms with Crippen LogP contribution in [0.1, 0.15) is 43.9 Å². The fourth-order valence-electron chi connectivity index (χ4n) is 2.42. The molecular weight excluding hydrogens is 374 g/mol. The zero-order valence-electron chi connectivity index (χ0n) is 18.2. The van der Waals surface area contributed by atoms with Crippen LogP contribution in [0.25, 0.3) is 0 Å². The Balaban J connectivity index is 2.18. The fourth-order valence-corrected chi connectivity index (χ4v) is 2.42. The molecule has 8 heteroatoms. The highest BCUT2D eigenvalue weighted by Gasteiger charge is 2.15. The van der Waals surface area contributed by atoms with E-state index in [-0.39, 0.29) is 31.4 Å². The van der Waals surface area contributed by atoms with Crippen LogP contribution in [-0.4, -0.2) is 49.7 Å². The van der Waals surface area contributed by atoms with E-state index in [9.17, 15) is 14.4 Å². The van der Waals surface area contributed by atoms with Gasteiger partial charge in [-0.05, 0) is 58.2 Å². The highest BCUT2D eigenvalue weighted by molar-refractivity contribution is 5.78. The largest absolute Gasteiger partial charge is 0.483 e. The molecule has 0 fully saturated rings. The summed E-state index contributed by atoms with van der Waals surface area (Å²) in [6, 6.07) is 3.98. The molecule has 1 aromatic carbocycles. The van der Waals surface area contributed by atoms with Crippen LogP contribution in [0, 0.1) is 20.8 Å². The number of hydrogen-bond donors (Lipinski definition) is 3. The Morgan fingerprint density at radius 3 is 2.07 bits per heavy atom. The van der Waals surface area contributed by atoms with Gasteiger partial charge in [0.2, 0.25) is 5.91 Å². The van der Waals surface area contributed by atoms with E-state index in [1.807, 2.05) is 32.9 Å². The summed E-state index contributed by atoms with van der Waals surface area (Å²) in [4.78, 5) is 35.1. The first-order chi connectivity index (χ1) is 13.5. The molecule has 0 aliphatic carbocycles. The smallest absolute Gasteiger partial charge is 0.407 e. The first-order valence-corrected chi connectivity index (χ1v) is 9.69. The summed E-state index contributed by atoms with van der Waals surface area (Å²) in [7, 11) is 0. The van der Waals surface area contributed by atoms with Gasteiger partial charge in [-0.25, -0.2) is 4.79 Å². The predicted octanol–water partition coefficient (Wildman–Crippen LogP) is 2.14. The average Bonchev–Trinajstić information content (AvgIpc) is 2.60. The van der Waals surface area contributed by atoms with E-state index in [0.717, 1.165) is 22.4 Å². The molecule has 8 nitrogen and oxygen atoms in total. The number of amides is 3. The van der Waals surface area contributed by atoms with Crippen molar-refractivity contribution in [2.24, 2.45) is 0 Å². The van der Waals surface area contributed by atoms with Gasteiger partial charge in [0, 0.05) is 26.1 Å². The molecule has 0 radical (unpaired) electrons. The van der Waals surface area contributed by atoms with Crippen molar-refractivity contribution in [1.29, 1.82) is 0 Å². The molecule has 29 heavy (non-hydrogen) atoms. The molecule has 0 bridgehead atoms. The van der Waals surface area contributed by atoms with Gasteiger partial charge in [0.25, 0.3) is 5.91 Å². The molecule has 1 rings (SSSR count). The lowest BCUT2D eigenvalue weighted by Crippen LogP contribution is -2.38. The molecule has 0 atom stereocenters. The second-order valence-electron chi connectivity index (χ2n) is 7.82. The normalized spacial score (nSPS) is 10.8. The number of carbonyl (C=O) groups excluding carboxylic acids is 3. The Labute approximate surface area is 172 Å². The third-order valence-corrected chi connectivity index (χ3v) is 4.01. The van der Waals surface area contributed by atoms with Crippen molar-refractivity contribution < 1.29 is 23.9 Å². The molecule has 0 heterocycles. The van der Waals surface area contributed by atoms with Gasteiger partial charge < -0.3 is 25.4 Å². The summed E-state index contributed by atoms with van der Waals surface area (Å²) in [6.45, 7) is 11.9. The number of hydrogen-bond acceptors (Lipinski definition) is 5. The van der Waals surface area contributed by atoms with E-state index >= 15 is 0 Å². The SMILES string of the molecule is Cc1ccc(C)c(OCC(=O)NCCNC(=O)CCNC(=O)OC(C)(C)C)c1C. The first kappa shape index (κ1) is 24.3. The van der Waals surface area contributed by atoms with Crippen LogP contribution < -0.4 is 20.7 Å². The standard InChI is InChI=1S/C21H33N3O5/c1-14-7-8-15(2)19(16(14)3)28-13-18(26)23-12-11-22-17(25)9-10-24-20(27)29-21(4,5)6/h7-8H,9-13H2,1-6H3,(H,22,25)(H,23,26)(H,24,27). The molecule has 3 N–H and O–H groups in total. The molecular formula is C21H33N3O5. The molecule has 0 unspecified atom stereocenters. The first-order valence-electron chi connectivity index (χ1n) is 9.69. The number of carbonyl (C=O) groups is 3. The summed E-state index contributed by atoms with van der Waals surface area (Å²) < 4.78 is 10.7. The number of rotatable bonds is 9. The lowest BCUT2D eigenvalue weighted by molar-refractivity contribution is -0.124. The minimum atomic E-state index is -0.578. The summed E-state index contributed by atoms with van der Waals surface area (Å²) in [6.07, 6.45) is -0.431. The molecule has 162 valence electrons. The highest BCUT2D eigenvalue weighted by atomic mass is 16.6. The summed E-state index contributed by atoms with van der Waals surface area (Å²) in [5, 5.41) is 7.88. The Morgan fingerprint density at radius 2 is 1.45 bits per heavy atom. The van der Waals surface area contributed by atoms with Crippen LogP contribution in [-0.2, 0) is 14.3 Å². The van der Waals surface area contributed by atoms with Crippen molar-refractivity contribution in [3.63, 3.8) is 0 Å². The van der Waals surface area contributed by atoms with Crippen LogP contribution in [0.5, 0.6) is 5.75 Å². The number of alkyl carbamates (subject to hydrolysis) is 1. The Morgan fingerprint density at radius 1 is 0.862 bits per heavy atom. The molecule has 0 saturated heterocycles. The van der Waals surface area contributed by atoms with Crippen molar-refractivity contribution in [1.82, 2.24) is 16.0 Å². The van der Waals surface area contributed by atoms with Gasteiger partial charge in [-0.3, -0.25) is 9.59 Å². The lowest BCUT2D eigenvalue weighted by atomic mass is 10.1. The van der Waals surface area contributed by atoms with Gasteiger partial charge in [0.15, 0.2) is 6.61 Å². The number of ether oxygens (including phenoxy) is 2. The average molecular weight is 408 g/mol. The molecule has 1 aromatic rings. The Hall–Kier alpha value is -2.77. The highest BCUT2D eigenvalue weighted by Crippen LogP contribution is 2.25. The maximum absolute atomic E-state index is 11.9. The summed E-state index contributed by atoms with van der Waals surface area (Å²) in [5.41, 5.74) is 2.53. The van der Waals surface area contributed by atoms with Crippen molar-refractivity contribution in [2.45, 2.75) is 53.6 Å². The van der Waals surface area contributed by atoms with E-state index < -0.39 is 11.7 Å². The molecule has 3 amide bonds. The van der Waals surface area contributed by atoms with Crippen LogP contribution in [0.2, 0.25) is 0 Å². The maximum Gasteiger partial charge on any atom is 0.407 e. The van der Waals surface area contributed by atoms with Gasteiger partial charge in [-0.2, -0.15) is 0 Å². The second-order valence-corrected chi connectivity index (χ2v) is 7.82. The Bertz CT molecular complexity index is 726. The van der Waals surface area contributed by atoms with Gasteiger partial charge >= 0.3 is 6.09 Å². The maximum atomic E-state index is 11.9. The van der Waals surface area contributed by atoms with Gasteiger partial charge in [0.05, 0.1) is 0 Å². The van der Waals surface area contributed by atoms with Crippen LogP contribution >= 0.6 is 0 Å². The number of benzene rings is 1. The van der Waals surface area contributed by atoms with E-state index in [1.165, 1.54) is 0 Å². The molecule has 0 aliphatic heterocycles. The van der Waals surface area contributed by atoms with Crippen molar-refractivity contribution >= 4 is 17.9 Å². The van der Waals surface area contributed by atoms with Crippen LogP contribution in [0.4, 0.5) is 4.79 Å². The molecule has 0 spiro atoms. The monoisotopic (exact) mass is 407 g/mol. The Kier molecular flexibility index (Phi) is 9.44. The van der Waals surface area contributed by atoms with E-state index in [4.69, 9.17) is 9.47 Å². The zero-order valence-corrected chi connectivity index (χ0v) is 18.2. The van der Waals surface area contributed by atoms with E-state index in [2.05, 4.69) is 16.0 Å². The van der Waals surface area contributed by atoms with E-state index in [1.54, 1.807) is 20.8 Å². The van der Waals surface area contributed by atoms with Crippen molar-refractivity contribution in [3.8, 4) is 5.75 Å². The molecule has 0 aliphatic rings. The van der Waals surface area contributed by atoms with Gasteiger partial charge in [-0.15, -0.1) is 0 Å². The number of aryl methyl sites for hydroxylation is 2. The number of nitrogens with one attached hydrogen (secondary N) is 3. The quantitative estimate of drug-likeness (QED) is 0.544. The molecule has 0 aromatic heterocycles. The predicted molar refractivity (Wildman–Crippen MR) is 111 cm³/mol. The van der Waals surface area contributed by atoms with Crippen LogP contribution in [0.15, 0.2) is 12.1 Å². The third kappa shape index (κ3) is 9.82. The van der Waals surface area contributed by atoms with E-state index in [0.29, 0.717) is 13.1 Å². The second kappa shape index (κ2) is 11.3. The minimum absolute atomic E-state index is 0.0844. The minimum Gasteiger partial charge on any atom is -0.483 e. The zero-order chi connectivity index (χ0) is 22.0. The van der Waals surface area contributed by atoms with Gasteiger partial charge in [-0.1, -0.05) is 12.1 Å².